The van der Waals surface area contributed by atoms with Gasteiger partial charge in [0.2, 0.25) is 0 Å². The number of benzene rings is 1. The van der Waals surface area contributed by atoms with Crippen LogP contribution < -0.4 is 10.3 Å². The zero-order chi connectivity index (χ0) is 15.4. The average Bonchev–Trinajstić information content (AvgIpc) is 2.47. The lowest BCUT2D eigenvalue weighted by Crippen LogP contribution is -2.26. The monoisotopic (exact) mass is 305 g/mol. The SMILES string of the molecule is CCOc1ccccc1-c1ccc(CCl)c(=O)n1C(C)C. The van der Waals surface area contributed by atoms with Crippen LogP contribution >= 0.6 is 11.6 Å². The molecule has 0 saturated carbocycles. The molecule has 4 heteroatoms. The van der Waals surface area contributed by atoms with Crippen LogP contribution in [0.2, 0.25) is 0 Å². The van der Waals surface area contributed by atoms with Crippen molar-refractivity contribution >= 4 is 11.6 Å². The summed E-state index contributed by atoms with van der Waals surface area (Å²) < 4.78 is 7.45. The highest BCUT2D eigenvalue weighted by molar-refractivity contribution is 6.17. The smallest absolute Gasteiger partial charge is 0.255 e. The third-order valence-electron chi connectivity index (χ3n) is 3.32. The Morgan fingerprint density at radius 2 is 1.90 bits per heavy atom. The average molecular weight is 306 g/mol. The van der Waals surface area contributed by atoms with Gasteiger partial charge in [0.1, 0.15) is 5.75 Å². The fourth-order valence-corrected chi connectivity index (χ4v) is 2.59. The second kappa shape index (κ2) is 6.81. The summed E-state index contributed by atoms with van der Waals surface area (Å²) in [7, 11) is 0. The predicted molar refractivity (Wildman–Crippen MR) is 87.2 cm³/mol. The van der Waals surface area contributed by atoms with Crippen molar-refractivity contribution in [3.63, 3.8) is 0 Å². The van der Waals surface area contributed by atoms with Crippen LogP contribution in [0.3, 0.4) is 0 Å². The molecule has 112 valence electrons. The molecule has 0 saturated heterocycles. The molecule has 3 nitrogen and oxygen atoms in total. The van der Waals surface area contributed by atoms with Gasteiger partial charge in [0, 0.05) is 17.2 Å². The van der Waals surface area contributed by atoms with E-state index in [2.05, 4.69) is 0 Å². The maximum atomic E-state index is 12.5. The van der Waals surface area contributed by atoms with Crippen molar-refractivity contribution in [3.05, 3.63) is 52.3 Å². The van der Waals surface area contributed by atoms with E-state index in [4.69, 9.17) is 16.3 Å². The Morgan fingerprint density at radius 3 is 2.52 bits per heavy atom. The summed E-state index contributed by atoms with van der Waals surface area (Å²) in [6.45, 7) is 6.52. The summed E-state index contributed by atoms with van der Waals surface area (Å²) in [6.07, 6.45) is 0. The highest BCUT2D eigenvalue weighted by atomic mass is 35.5. The summed E-state index contributed by atoms with van der Waals surface area (Å²) in [4.78, 5) is 12.5. The molecule has 1 aromatic heterocycles. The number of nitrogens with zero attached hydrogens (tertiary/aromatic N) is 1. The van der Waals surface area contributed by atoms with Crippen molar-refractivity contribution in [2.45, 2.75) is 32.7 Å². The van der Waals surface area contributed by atoms with Crippen molar-refractivity contribution in [1.82, 2.24) is 4.57 Å². The first kappa shape index (κ1) is 15.6. The molecule has 0 aliphatic carbocycles. The largest absolute Gasteiger partial charge is 0.493 e. The molecule has 0 unspecified atom stereocenters. The lowest BCUT2D eigenvalue weighted by atomic mass is 10.1. The second-order valence-corrected chi connectivity index (χ2v) is 5.34. The normalized spacial score (nSPS) is 10.9. The van der Waals surface area contributed by atoms with Crippen molar-refractivity contribution in [3.8, 4) is 17.0 Å². The standard InChI is InChI=1S/C17H20ClNO2/c1-4-21-16-8-6-5-7-14(16)15-10-9-13(11-18)17(20)19(15)12(2)3/h5-10,12H,4,11H2,1-3H3. The van der Waals surface area contributed by atoms with E-state index in [1.54, 1.807) is 10.6 Å². The fraction of sp³-hybridized carbons (Fsp3) is 0.353. The van der Waals surface area contributed by atoms with Crippen molar-refractivity contribution < 1.29 is 4.74 Å². The lowest BCUT2D eigenvalue weighted by Gasteiger charge is -2.19. The molecule has 0 N–H and O–H groups in total. The van der Waals surface area contributed by atoms with Gasteiger partial charge >= 0.3 is 0 Å². The minimum absolute atomic E-state index is 0.0381. The van der Waals surface area contributed by atoms with E-state index >= 15 is 0 Å². The van der Waals surface area contributed by atoms with E-state index in [-0.39, 0.29) is 17.5 Å². The number of pyridine rings is 1. The Labute approximate surface area is 130 Å². The molecule has 2 aromatic rings. The quantitative estimate of drug-likeness (QED) is 0.774. The highest BCUT2D eigenvalue weighted by Gasteiger charge is 2.15. The summed E-state index contributed by atoms with van der Waals surface area (Å²) in [5, 5.41) is 0. The van der Waals surface area contributed by atoms with Gasteiger partial charge in [0.15, 0.2) is 0 Å². The molecule has 0 fully saturated rings. The van der Waals surface area contributed by atoms with Gasteiger partial charge in [0.05, 0.1) is 18.2 Å². The molecular weight excluding hydrogens is 286 g/mol. The van der Waals surface area contributed by atoms with Gasteiger partial charge in [0.25, 0.3) is 5.56 Å². The number of hydrogen-bond acceptors (Lipinski definition) is 2. The fourth-order valence-electron chi connectivity index (χ4n) is 2.39. The van der Waals surface area contributed by atoms with Crippen LogP contribution in [-0.2, 0) is 5.88 Å². The first-order chi connectivity index (χ1) is 10.1. The van der Waals surface area contributed by atoms with Crippen LogP contribution in [0.15, 0.2) is 41.2 Å². The van der Waals surface area contributed by atoms with Crippen LogP contribution in [0.1, 0.15) is 32.4 Å². The number of para-hydroxylation sites is 1. The van der Waals surface area contributed by atoms with E-state index < -0.39 is 0 Å². The Bertz CT molecular complexity index is 677. The summed E-state index contributed by atoms with van der Waals surface area (Å²) in [5.74, 6) is 1.01. The second-order valence-electron chi connectivity index (χ2n) is 5.08. The van der Waals surface area contributed by atoms with Gasteiger partial charge in [-0.2, -0.15) is 0 Å². The molecule has 0 radical (unpaired) electrons. The topological polar surface area (TPSA) is 31.2 Å². The summed E-state index contributed by atoms with van der Waals surface area (Å²) in [5.41, 5.74) is 2.35. The molecule has 1 heterocycles. The maximum absolute atomic E-state index is 12.5. The lowest BCUT2D eigenvalue weighted by molar-refractivity contribution is 0.341. The molecular formula is C17H20ClNO2. The third-order valence-corrected chi connectivity index (χ3v) is 3.61. The predicted octanol–water partition coefficient (Wildman–Crippen LogP) is 4.23. The summed E-state index contributed by atoms with van der Waals surface area (Å²) >= 11 is 5.85. The third kappa shape index (κ3) is 3.13. The molecule has 0 atom stereocenters. The van der Waals surface area contributed by atoms with Crippen LogP contribution in [0, 0.1) is 0 Å². The molecule has 0 aliphatic heterocycles. The minimum Gasteiger partial charge on any atom is -0.493 e. The molecule has 2 rings (SSSR count). The highest BCUT2D eigenvalue weighted by Crippen LogP contribution is 2.30. The zero-order valence-corrected chi connectivity index (χ0v) is 13.4. The number of ether oxygens (including phenoxy) is 1. The van der Waals surface area contributed by atoms with Crippen LogP contribution in [-0.4, -0.2) is 11.2 Å². The Kier molecular flexibility index (Phi) is 5.07. The van der Waals surface area contributed by atoms with Gasteiger partial charge in [-0.05, 0) is 39.0 Å². The van der Waals surface area contributed by atoms with E-state index in [0.29, 0.717) is 12.2 Å². The number of halogens is 1. The van der Waals surface area contributed by atoms with Gasteiger partial charge in [-0.1, -0.05) is 18.2 Å². The summed E-state index contributed by atoms with van der Waals surface area (Å²) in [6, 6.07) is 11.6. The van der Waals surface area contributed by atoms with E-state index in [1.165, 1.54) is 0 Å². The molecule has 0 spiro atoms. The first-order valence-electron chi connectivity index (χ1n) is 7.12. The van der Waals surface area contributed by atoms with Gasteiger partial charge in [-0.25, -0.2) is 0 Å². The number of hydrogen-bond donors (Lipinski definition) is 0. The molecule has 0 amide bonds. The van der Waals surface area contributed by atoms with E-state index in [0.717, 1.165) is 17.0 Å². The minimum atomic E-state index is -0.0381. The molecule has 0 aliphatic rings. The number of alkyl halides is 1. The van der Waals surface area contributed by atoms with Gasteiger partial charge in [-0.3, -0.25) is 4.79 Å². The number of rotatable bonds is 5. The van der Waals surface area contributed by atoms with E-state index in [9.17, 15) is 4.79 Å². The Morgan fingerprint density at radius 1 is 1.19 bits per heavy atom. The Balaban J connectivity index is 2.70. The molecule has 1 aromatic carbocycles. The Hall–Kier alpha value is -1.74. The first-order valence-corrected chi connectivity index (χ1v) is 7.66. The molecule has 21 heavy (non-hydrogen) atoms. The van der Waals surface area contributed by atoms with Crippen molar-refractivity contribution in [1.29, 1.82) is 0 Å². The van der Waals surface area contributed by atoms with Crippen molar-refractivity contribution in [2.24, 2.45) is 0 Å². The van der Waals surface area contributed by atoms with Crippen LogP contribution in [0.4, 0.5) is 0 Å². The maximum Gasteiger partial charge on any atom is 0.255 e. The van der Waals surface area contributed by atoms with Gasteiger partial charge in [-0.15, -0.1) is 11.6 Å². The van der Waals surface area contributed by atoms with Gasteiger partial charge < -0.3 is 9.30 Å². The zero-order valence-electron chi connectivity index (χ0n) is 12.6. The van der Waals surface area contributed by atoms with Crippen molar-refractivity contribution in [2.75, 3.05) is 6.61 Å². The van der Waals surface area contributed by atoms with Crippen LogP contribution in [0.5, 0.6) is 5.75 Å². The van der Waals surface area contributed by atoms with Crippen LogP contribution in [0.25, 0.3) is 11.3 Å². The number of aromatic nitrogens is 1. The molecule has 0 bridgehead atoms. The van der Waals surface area contributed by atoms with E-state index in [1.807, 2.05) is 51.1 Å².